The zero-order valence-corrected chi connectivity index (χ0v) is 13.1. The van der Waals surface area contributed by atoms with E-state index in [0.29, 0.717) is 6.54 Å². The van der Waals surface area contributed by atoms with Crippen LogP contribution in [0.25, 0.3) is 0 Å². The largest absolute Gasteiger partial charge is 0.483 e. The van der Waals surface area contributed by atoms with Gasteiger partial charge in [-0.25, -0.2) is 4.39 Å². The molecule has 0 saturated carbocycles. The summed E-state index contributed by atoms with van der Waals surface area (Å²) >= 11 is 0. The number of para-hydroxylation sites is 1. The molecule has 5 heteroatoms. The molecule has 23 heavy (non-hydrogen) atoms. The Morgan fingerprint density at radius 3 is 2.43 bits per heavy atom. The van der Waals surface area contributed by atoms with Crippen molar-refractivity contribution in [3.8, 4) is 5.75 Å². The first-order valence-electron chi connectivity index (χ1n) is 7.31. The minimum absolute atomic E-state index is 0.126. The number of hydrogen-bond donors (Lipinski definition) is 0. The van der Waals surface area contributed by atoms with Crippen molar-refractivity contribution in [2.45, 2.75) is 13.8 Å². The van der Waals surface area contributed by atoms with Gasteiger partial charge in [0.2, 0.25) is 0 Å². The van der Waals surface area contributed by atoms with Gasteiger partial charge >= 0.3 is 0 Å². The van der Waals surface area contributed by atoms with Crippen LogP contribution in [0.1, 0.15) is 24.2 Å². The average Bonchev–Trinajstić information content (AvgIpc) is 2.55. The maximum Gasteiger partial charge on any atom is 0.264 e. The van der Waals surface area contributed by atoms with Crippen LogP contribution in [0.5, 0.6) is 5.75 Å². The van der Waals surface area contributed by atoms with E-state index in [0.717, 1.165) is 11.8 Å². The molecule has 0 heterocycles. The van der Waals surface area contributed by atoms with Gasteiger partial charge < -0.3 is 9.64 Å². The van der Waals surface area contributed by atoms with Crippen LogP contribution in [-0.2, 0) is 4.79 Å². The Kier molecular flexibility index (Phi) is 5.46. The highest BCUT2D eigenvalue weighted by Gasteiger charge is 2.16. The maximum atomic E-state index is 13.2. The molecule has 0 spiro atoms. The topological polar surface area (TPSA) is 46.6 Å². The van der Waals surface area contributed by atoms with Gasteiger partial charge in [-0.3, -0.25) is 9.59 Å². The Labute approximate surface area is 134 Å². The molecule has 0 N–H and O–H groups in total. The van der Waals surface area contributed by atoms with Crippen molar-refractivity contribution in [3.63, 3.8) is 0 Å². The zero-order valence-electron chi connectivity index (χ0n) is 13.1. The molecule has 0 unspecified atom stereocenters. The van der Waals surface area contributed by atoms with E-state index in [4.69, 9.17) is 4.74 Å². The molecule has 2 aromatic carbocycles. The second-order valence-corrected chi connectivity index (χ2v) is 4.96. The van der Waals surface area contributed by atoms with Gasteiger partial charge in [-0.2, -0.15) is 0 Å². The predicted octanol–water partition coefficient (Wildman–Crippen LogP) is 3.46. The highest BCUT2D eigenvalue weighted by Crippen LogP contribution is 2.21. The van der Waals surface area contributed by atoms with Crippen LogP contribution >= 0.6 is 0 Å². The van der Waals surface area contributed by atoms with Gasteiger partial charge in [0.25, 0.3) is 5.91 Å². The van der Waals surface area contributed by atoms with Gasteiger partial charge in [0.15, 0.2) is 12.4 Å². The molecule has 0 radical (unpaired) electrons. The lowest BCUT2D eigenvalue weighted by Gasteiger charge is -2.21. The minimum Gasteiger partial charge on any atom is -0.483 e. The summed E-state index contributed by atoms with van der Waals surface area (Å²) in [5, 5.41) is 0. The number of anilines is 1. The van der Waals surface area contributed by atoms with E-state index in [2.05, 4.69) is 0 Å². The van der Waals surface area contributed by atoms with Crippen LogP contribution in [0, 0.1) is 5.82 Å². The lowest BCUT2D eigenvalue weighted by molar-refractivity contribution is -0.120. The zero-order chi connectivity index (χ0) is 16.8. The Bertz CT molecular complexity index is 701. The summed E-state index contributed by atoms with van der Waals surface area (Å²) in [5.41, 5.74) is 0.898. The van der Waals surface area contributed by atoms with E-state index in [1.54, 1.807) is 4.90 Å². The van der Waals surface area contributed by atoms with Crippen molar-refractivity contribution in [2.75, 3.05) is 18.1 Å². The van der Waals surface area contributed by atoms with Crippen LogP contribution in [0.3, 0.4) is 0 Å². The fraction of sp³-hybridized carbons (Fsp3) is 0.222. The van der Waals surface area contributed by atoms with Crippen LogP contribution < -0.4 is 9.64 Å². The second-order valence-electron chi connectivity index (χ2n) is 4.96. The molecule has 0 aliphatic rings. The fourth-order valence-corrected chi connectivity index (χ4v) is 2.23. The number of carbonyl (C=O) groups excluding carboxylic acids is 2. The van der Waals surface area contributed by atoms with Gasteiger partial charge in [-0.15, -0.1) is 0 Å². The van der Waals surface area contributed by atoms with Crippen molar-refractivity contribution in [2.24, 2.45) is 0 Å². The third-order valence-electron chi connectivity index (χ3n) is 3.36. The second kappa shape index (κ2) is 7.54. The summed E-state index contributed by atoms with van der Waals surface area (Å²) in [6.45, 7) is 3.46. The number of ether oxygens (including phenoxy) is 1. The van der Waals surface area contributed by atoms with E-state index in [1.807, 2.05) is 37.3 Å². The Morgan fingerprint density at radius 1 is 1.13 bits per heavy atom. The number of nitrogens with zero attached hydrogens (tertiary/aromatic N) is 1. The van der Waals surface area contributed by atoms with Gasteiger partial charge in [-0.05, 0) is 44.2 Å². The van der Waals surface area contributed by atoms with Gasteiger partial charge in [0.1, 0.15) is 11.6 Å². The Balaban J connectivity index is 2.11. The van der Waals surface area contributed by atoms with Crippen molar-refractivity contribution in [3.05, 3.63) is 59.9 Å². The summed E-state index contributed by atoms with van der Waals surface area (Å²) in [6, 6.07) is 12.9. The minimum atomic E-state index is -0.520. The summed E-state index contributed by atoms with van der Waals surface area (Å²) in [5.74, 6) is -0.871. The standard InChI is InChI=1S/C18H18FNO3/c1-3-20(15-7-5-4-6-8-15)18(22)12-23-17-10-9-14(19)11-16(17)13(2)21/h4-11H,3,12H2,1-2H3. The quantitative estimate of drug-likeness (QED) is 0.767. The summed E-state index contributed by atoms with van der Waals surface area (Å²) in [6.07, 6.45) is 0. The van der Waals surface area contributed by atoms with Crippen molar-refractivity contribution >= 4 is 17.4 Å². The monoisotopic (exact) mass is 315 g/mol. The molecule has 120 valence electrons. The van der Waals surface area contributed by atoms with Crippen molar-refractivity contribution in [1.29, 1.82) is 0 Å². The third-order valence-corrected chi connectivity index (χ3v) is 3.36. The van der Waals surface area contributed by atoms with Crippen LogP contribution in [0.4, 0.5) is 10.1 Å². The Morgan fingerprint density at radius 2 is 1.83 bits per heavy atom. The van der Waals surface area contributed by atoms with E-state index in [9.17, 15) is 14.0 Å². The number of benzene rings is 2. The lowest BCUT2D eigenvalue weighted by Crippen LogP contribution is -2.34. The highest BCUT2D eigenvalue weighted by atomic mass is 19.1. The summed E-state index contributed by atoms with van der Waals surface area (Å²) in [7, 11) is 0. The fourth-order valence-electron chi connectivity index (χ4n) is 2.23. The number of ketones is 1. The molecule has 0 aromatic heterocycles. The first-order chi connectivity index (χ1) is 11.0. The number of likely N-dealkylation sites (N-methyl/N-ethyl adjacent to an activating group) is 1. The van der Waals surface area contributed by atoms with Crippen molar-refractivity contribution in [1.82, 2.24) is 0 Å². The van der Waals surface area contributed by atoms with E-state index < -0.39 is 5.82 Å². The van der Waals surface area contributed by atoms with E-state index in [1.165, 1.54) is 19.1 Å². The molecule has 1 amide bonds. The predicted molar refractivity (Wildman–Crippen MR) is 86.4 cm³/mol. The van der Waals surface area contributed by atoms with Crippen LogP contribution in [0.2, 0.25) is 0 Å². The number of carbonyl (C=O) groups is 2. The van der Waals surface area contributed by atoms with Crippen LogP contribution in [0.15, 0.2) is 48.5 Å². The number of Topliss-reactive ketones (excluding diaryl/α,β-unsaturated/α-hetero) is 1. The van der Waals surface area contributed by atoms with Crippen LogP contribution in [-0.4, -0.2) is 24.8 Å². The van der Waals surface area contributed by atoms with Gasteiger partial charge in [0, 0.05) is 12.2 Å². The average molecular weight is 315 g/mol. The molecule has 0 bridgehead atoms. The van der Waals surface area contributed by atoms with Gasteiger partial charge in [-0.1, -0.05) is 18.2 Å². The number of halogens is 1. The molecule has 0 aliphatic carbocycles. The van der Waals surface area contributed by atoms with Crippen molar-refractivity contribution < 1.29 is 18.7 Å². The summed E-state index contributed by atoms with van der Waals surface area (Å²) < 4.78 is 18.7. The summed E-state index contributed by atoms with van der Waals surface area (Å²) in [4.78, 5) is 25.5. The van der Waals surface area contributed by atoms with E-state index >= 15 is 0 Å². The highest BCUT2D eigenvalue weighted by molar-refractivity contribution is 5.97. The smallest absolute Gasteiger partial charge is 0.264 e. The number of rotatable bonds is 6. The first-order valence-corrected chi connectivity index (χ1v) is 7.31. The lowest BCUT2D eigenvalue weighted by atomic mass is 10.1. The molecule has 4 nitrogen and oxygen atoms in total. The SMILES string of the molecule is CCN(C(=O)COc1ccc(F)cc1C(C)=O)c1ccccc1. The maximum absolute atomic E-state index is 13.2. The Hall–Kier alpha value is -2.69. The third kappa shape index (κ3) is 4.16. The molecular formula is C18H18FNO3. The normalized spacial score (nSPS) is 10.2. The number of amides is 1. The number of hydrogen-bond acceptors (Lipinski definition) is 3. The molecule has 0 saturated heterocycles. The van der Waals surface area contributed by atoms with Gasteiger partial charge in [0.05, 0.1) is 5.56 Å². The molecule has 2 rings (SSSR count). The first kappa shape index (κ1) is 16.7. The molecular weight excluding hydrogens is 297 g/mol. The molecule has 2 aromatic rings. The molecule has 0 aliphatic heterocycles. The van der Waals surface area contributed by atoms with E-state index in [-0.39, 0.29) is 29.6 Å². The molecule has 0 atom stereocenters. The molecule has 0 fully saturated rings.